The number of alkyl halides is 1. The number of carbonyl (C=O) groups excluding carboxylic acids is 2. The first-order valence-electron chi connectivity index (χ1n) is 12.0. The number of carbonyl (C=O) groups is 2. The minimum absolute atomic E-state index is 0.0338. The Bertz CT molecular complexity index is 1410. The predicted octanol–water partition coefficient (Wildman–Crippen LogP) is 1.58. The molecule has 5 rings (SSSR count). The van der Waals surface area contributed by atoms with E-state index in [1.807, 2.05) is 24.2 Å². The van der Waals surface area contributed by atoms with Crippen LogP contribution in [0, 0.1) is 5.92 Å². The van der Waals surface area contributed by atoms with Crippen LogP contribution in [0.25, 0.3) is 11.3 Å². The van der Waals surface area contributed by atoms with E-state index in [0.717, 1.165) is 11.3 Å². The zero-order valence-electron chi connectivity index (χ0n) is 21.5. The lowest BCUT2D eigenvalue weighted by Crippen LogP contribution is -2.28. The van der Waals surface area contributed by atoms with E-state index in [2.05, 4.69) is 36.0 Å². The van der Waals surface area contributed by atoms with Gasteiger partial charge in [0.1, 0.15) is 17.6 Å². The maximum atomic E-state index is 13.3. The van der Waals surface area contributed by atoms with Gasteiger partial charge in [-0.25, -0.2) is 9.37 Å². The molecular formula is C21H23FN10O2. The molecule has 1 fully saturated rings. The molecule has 176 valence electrons. The Balaban J connectivity index is 1.55. The van der Waals surface area contributed by atoms with Crippen molar-refractivity contribution in [1.29, 1.82) is 0 Å². The monoisotopic (exact) mass is 469 g/mol. The van der Waals surface area contributed by atoms with Crippen LogP contribution in [0.1, 0.15) is 39.7 Å². The fraction of sp³-hybridized carbons (Fsp3) is 0.381. The summed E-state index contributed by atoms with van der Waals surface area (Å²) >= 11 is 0. The van der Waals surface area contributed by atoms with Gasteiger partial charge in [0.15, 0.2) is 17.3 Å². The molecule has 13 heteroatoms. The number of anilines is 4. The molecule has 3 aromatic rings. The number of rotatable bonds is 5. The molecular weight excluding hydrogens is 443 g/mol. The van der Waals surface area contributed by atoms with Gasteiger partial charge in [-0.3, -0.25) is 9.59 Å². The van der Waals surface area contributed by atoms with Crippen molar-refractivity contribution in [3.63, 3.8) is 0 Å². The van der Waals surface area contributed by atoms with Gasteiger partial charge in [-0.15, -0.1) is 10.2 Å². The Morgan fingerprint density at radius 2 is 2.06 bits per heavy atom. The Morgan fingerprint density at radius 3 is 2.79 bits per heavy atom. The van der Waals surface area contributed by atoms with E-state index < -0.39 is 30.9 Å². The number of halogens is 1. The van der Waals surface area contributed by atoms with Crippen LogP contribution in [0.15, 0.2) is 18.3 Å². The van der Waals surface area contributed by atoms with Gasteiger partial charge in [0.25, 0.3) is 5.91 Å². The first kappa shape index (κ1) is 18.3. The molecule has 1 saturated carbocycles. The van der Waals surface area contributed by atoms with Crippen LogP contribution < -0.4 is 20.9 Å². The summed E-state index contributed by atoms with van der Waals surface area (Å²) in [4.78, 5) is 32.8. The number of hydrogen-bond acceptors (Lipinski definition) is 9. The number of amides is 2. The highest BCUT2D eigenvalue weighted by Gasteiger charge is 2.44. The van der Waals surface area contributed by atoms with E-state index in [4.69, 9.17) is 4.11 Å². The lowest BCUT2D eigenvalue weighted by Gasteiger charge is -2.33. The number of aromatic nitrogens is 6. The Hall–Kier alpha value is -4.16. The Labute approximate surface area is 198 Å². The van der Waals surface area contributed by atoms with Gasteiger partial charge in [-0.05, 0) is 19.4 Å². The maximum Gasteiger partial charge on any atom is 0.273 e. The first-order chi connectivity index (χ1) is 17.4. The SMILES string of the molecule is [2H]C([2H])([2H])NC(=O)c1nnc(NC(=O)[C@H]2C[C@H]2F)cc1Nc1nccc2c1N(C)[C@@H](C)c1nn(C)nc1-2. The Morgan fingerprint density at radius 1 is 1.26 bits per heavy atom. The topological polar surface area (TPSA) is 143 Å². The molecule has 3 N–H and O–H groups in total. The molecule has 1 aliphatic carbocycles. The van der Waals surface area contributed by atoms with Crippen LogP contribution >= 0.6 is 0 Å². The molecule has 0 unspecified atom stereocenters. The van der Waals surface area contributed by atoms with Crippen LogP contribution in [0.2, 0.25) is 0 Å². The fourth-order valence-corrected chi connectivity index (χ4v) is 3.92. The second kappa shape index (κ2) is 8.01. The maximum absolute atomic E-state index is 13.3. The average molecular weight is 469 g/mol. The molecule has 0 saturated heterocycles. The van der Waals surface area contributed by atoms with Gasteiger partial charge < -0.3 is 20.9 Å². The molecule has 4 heterocycles. The minimum Gasteiger partial charge on any atom is -0.363 e. The summed E-state index contributed by atoms with van der Waals surface area (Å²) in [5.74, 6) is -2.06. The number of nitrogens with one attached hydrogen (secondary N) is 3. The quantitative estimate of drug-likeness (QED) is 0.507. The van der Waals surface area contributed by atoms with E-state index in [-0.39, 0.29) is 29.7 Å². The molecule has 0 spiro atoms. The van der Waals surface area contributed by atoms with Crippen LogP contribution in [0.3, 0.4) is 0 Å². The molecule has 3 aromatic heterocycles. The van der Waals surface area contributed by atoms with E-state index in [0.29, 0.717) is 17.2 Å². The number of nitrogens with zero attached hydrogens (tertiary/aromatic N) is 7. The summed E-state index contributed by atoms with van der Waals surface area (Å²) in [6.45, 7) is -0.812. The van der Waals surface area contributed by atoms with Gasteiger partial charge in [0.2, 0.25) is 5.91 Å². The van der Waals surface area contributed by atoms with Crippen molar-refractivity contribution in [1.82, 2.24) is 35.5 Å². The third-order valence-corrected chi connectivity index (χ3v) is 5.92. The second-order valence-corrected chi connectivity index (χ2v) is 8.18. The van der Waals surface area contributed by atoms with Gasteiger partial charge in [0.05, 0.1) is 23.3 Å². The van der Waals surface area contributed by atoms with Crippen LogP contribution in [-0.4, -0.2) is 62.2 Å². The molecule has 12 nitrogen and oxygen atoms in total. The molecule has 0 bridgehead atoms. The number of aryl methyl sites for hydroxylation is 1. The fourth-order valence-electron chi connectivity index (χ4n) is 3.92. The van der Waals surface area contributed by atoms with Gasteiger partial charge in [0, 0.05) is 43.0 Å². The normalized spacial score (nSPS) is 21.9. The summed E-state index contributed by atoms with van der Waals surface area (Å²) in [6, 6.07) is 2.95. The zero-order valence-corrected chi connectivity index (χ0v) is 18.5. The highest BCUT2D eigenvalue weighted by molar-refractivity contribution is 6.00. The van der Waals surface area contributed by atoms with Gasteiger partial charge in [-0.1, -0.05) is 0 Å². The summed E-state index contributed by atoms with van der Waals surface area (Å²) in [5, 5.41) is 24.0. The van der Waals surface area contributed by atoms with Crippen molar-refractivity contribution in [2.24, 2.45) is 13.0 Å². The number of fused-ring (bicyclic) bond motifs is 3. The molecule has 0 radical (unpaired) electrons. The van der Waals surface area contributed by atoms with Crippen LogP contribution in [0.4, 0.5) is 27.4 Å². The lowest BCUT2D eigenvalue weighted by atomic mass is 9.99. The number of hydrogen-bond donors (Lipinski definition) is 3. The smallest absolute Gasteiger partial charge is 0.273 e. The first-order valence-corrected chi connectivity index (χ1v) is 10.5. The largest absolute Gasteiger partial charge is 0.363 e. The summed E-state index contributed by atoms with van der Waals surface area (Å²) in [6.07, 6.45) is 0.467. The molecule has 2 amide bonds. The average Bonchev–Trinajstić information content (AvgIpc) is 3.42. The third-order valence-electron chi connectivity index (χ3n) is 5.92. The Kier molecular flexibility index (Phi) is 4.31. The van der Waals surface area contributed by atoms with Gasteiger partial charge >= 0.3 is 0 Å². The summed E-state index contributed by atoms with van der Waals surface area (Å²) < 4.78 is 35.4. The minimum atomic E-state index is -2.77. The molecule has 0 aromatic carbocycles. The third kappa shape index (κ3) is 3.58. The highest BCUT2D eigenvalue weighted by Crippen LogP contribution is 2.45. The standard InChI is InChI=1S/C21H23FN10O2/c1-9-15-16(30-32(4)29-15)10-5-6-24-19(18(10)31(9)3)25-13-8-14(26-20(33)11-7-12(11)22)27-28-17(13)21(34)23-2/h5-6,8-9,11-12H,7H2,1-4H3,(H,23,34)(H2,24,25,26,27,33)/t9-,11-,12+/m0/s1/i2D3. The summed E-state index contributed by atoms with van der Waals surface area (Å²) in [7, 11) is 3.59. The lowest BCUT2D eigenvalue weighted by molar-refractivity contribution is -0.117. The van der Waals surface area contributed by atoms with Crippen molar-refractivity contribution in [3.8, 4) is 11.3 Å². The molecule has 34 heavy (non-hydrogen) atoms. The second-order valence-electron chi connectivity index (χ2n) is 8.18. The summed E-state index contributed by atoms with van der Waals surface area (Å²) in [5.41, 5.74) is 2.56. The van der Waals surface area contributed by atoms with Crippen molar-refractivity contribution in [3.05, 3.63) is 29.7 Å². The van der Waals surface area contributed by atoms with Crippen LogP contribution in [-0.2, 0) is 11.8 Å². The van der Waals surface area contributed by atoms with Crippen molar-refractivity contribution in [2.75, 3.05) is 29.6 Å². The molecule has 3 atom stereocenters. The van der Waals surface area contributed by atoms with E-state index >= 15 is 0 Å². The zero-order chi connectivity index (χ0) is 26.6. The van der Waals surface area contributed by atoms with Gasteiger partial charge in [-0.2, -0.15) is 15.0 Å². The van der Waals surface area contributed by atoms with E-state index in [1.165, 1.54) is 10.9 Å². The number of pyridine rings is 1. The van der Waals surface area contributed by atoms with Crippen molar-refractivity contribution < 1.29 is 18.1 Å². The highest BCUT2D eigenvalue weighted by atomic mass is 19.1. The van der Waals surface area contributed by atoms with E-state index in [9.17, 15) is 14.0 Å². The van der Waals surface area contributed by atoms with Crippen molar-refractivity contribution in [2.45, 2.75) is 25.6 Å². The van der Waals surface area contributed by atoms with Crippen LogP contribution in [0.5, 0.6) is 0 Å². The predicted molar refractivity (Wildman–Crippen MR) is 121 cm³/mol. The van der Waals surface area contributed by atoms with Crippen molar-refractivity contribution >= 4 is 34.8 Å². The van der Waals surface area contributed by atoms with E-state index in [1.54, 1.807) is 19.3 Å². The molecule has 1 aliphatic heterocycles. The molecule has 2 aliphatic rings.